The second-order valence-corrected chi connectivity index (χ2v) is 6.77. The first-order chi connectivity index (χ1) is 13.1. The monoisotopic (exact) mass is 382 g/mol. The molecule has 1 N–H and O–H groups in total. The lowest BCUT2D eigenvalue weighted by molar-refractivity contribution is -0.122. The van der Waals surface area contributed by atoms with Crippen LogP contribution in [0.5, 0.6) is 0 Å². The first-order valence-electron chi connectivity index (χ1n) is 8.78. The van der Waals surface area contributed by atoms with Gasteiger partial charge in [-0.05, 0) is 65.9 Å². The standard InChI is InChI=1S/C22H20ClFN2O/c23-19-5-3-18(4-6-19)21(15-17-9-12-25-13-10-17)22(27)26-14-11-16-1-7-20(24)8-2-16/h1-10,12-13,21H,11,14-15H2,(H,26,27). The summed E-state index contributed by atoms with van der Waals surface area (Å²) < 4.78 is 13.0. The van der Waals surface area contributed by atoms with Gasteiger partial charge in [-0.3, -0.25) is 9.78 Å². The van der Waals surface area contributed by atoms with Gasteiger partial charge in [0.15, 0.2) is 0 Å². The van der Waals surface area contributed by atoms with Gasteiger partial charge in [0.2, 0.25) is 5.91 Å². The molecule has 0 spiro atoms. The Hall–Kier alpha value is -2.72. The molecule has 0 saturated heterocycles. The molecule has 27 heavy (non-hydrogen) atoms. The van der Waals surface area contributed by atoms with Crippen molar-refractivity contribution in [2.75, 3.05) is 6.54 Å². The highest BCUT2D eigenvalue weighted by molar-refractivity contribution is 6.30. The van der Waals surface area contributed by atoms with Crippen LogP contribution in [0.3, 0.4) is 0 Å². The van der Waals surface area contributed by atoms with E-state index in [4.69, 9.17) is 11.6 Å². The van der Waals surface area contributed by atoms with Crippen LogP contribution in [-0.4, -0.2) is 17.4 Å². The van der Waals surface area contributed by atoms with Crippen molar-refractivity contribution in [3.05, 3.63) is 101 Å². The maximum absolute atomic E-state index is 13.0. The number of hydrogen-bond donors (Lipinski definition) is 1. The lowest BCUT2D eigenvalue weighted by Gasteiger charge is -2.18. The highest BCUT2D eigenvalue weighted by atomic mass is 35.5. The van der Waals surface area contributed by atoms with Crippen molar-refractivity contribution in [3.63, 3.8) is 0 Å². The highest BCUT2D eigenvalue weighted by Crippen LogP contribution is 2.23. The van der Waals surface area contributed by atoms with Crippen molar-refractivity contribution >= 4 is 17.5 Å². The third-order valence-corrected chi connectivity index (χ3v) is 4.66. The lowest BCUT2D eigenvalue weighted by Crippen LogP contribution is -2.32. The number of rotatable bonds is 7. The average molecular weight is 383 g/mol. The third kappa shape index (κ3) is 5.63. The number of hydrogen-bond acceptors (Lipinski definition) is 2. The second kappa shape index (κ2) is 9.28. The number of halogens is 2. The Balaban J connectivity index is 1.68. The molecular formula is C22H20ClFN2O. The quantitative estimate of drug-likeness (QED) is 0.650. The van der Waals surface area contributed by atoms with E-state index in [0.29, 0.717) is 24.4 Å². The van der Waals surface area contributed by atoms with E-state index in [1.807, 2.05) is 24.3 Å². The number of pyridine rings is 1. The number of carbonyl (C=O) groups excluding carboxylic acids is 1. The highest BCUT2D eigenvalue weighted by Gasteiger charge is 2.21. The van der Waals surface area contributed by atoms with Crippen molar-refractivity contribution in [1.82, 2.24) is 10.3 Å². The number of aromatic nitrogens is 1. The molecule has 1 atom stereocenters. The summed E-state index contributed by atoms with van der Waals surface area (Å²) in [6.07, 6.45) is 4.67. The fourth-order valence-corrected chi connectivity index (χ4v) is 3.04. The van der Waals surface area contributed by atoms with E-state index in [-0.39, 0.29) is 17.6 Å². The minimum absolute atomic E-state index is 0.0451. The summed E-state index contributed by atoms with van der Waals surface area (Å²) in [7, 11) is 0. The summed E-state index contributed by atoms with van der Waals surface area (Å²) in [6.45, 7) is 0.491. The number of carbonyl (C=O) groups is 1. The van der Waals surface area contributed by atoms with Crippen LogP contribution in [0.25, 0.3) is 0 Å². The molecule has 2 aromatic carbocycles. The van der Waals surface area contributed by atoms with E-state index < -0.39 is 0 Å². The van der Waals surface area contributed by atoms with E-state index in [0.717, 1.165) is 16.7 Å². The Bertz CT molecular complexity index is 867. The summed E-state index contributed by atoms with van der Waals surface area (Å²) in [5, 5.41) is 3.64. The molecule has 3 aromatic rings. The van der Waals surface area contributed by atoms with Gasteiger partial charge in [-0.2, -0.15) is 0 Å². The van der Waals surface area contributed by atoms with Gasteiger partial charge < -0.3 is 5.32 Å². The molecule has 0 radical (unpaired) electrons. The first kappa shape index (κ1) is 19.1. The Morgan fingerprint density at radius 2 is 1.63 bits per heavy atom. The van der Waals surface area contributed by atoms with Crippen molar-refractivity contribution < 1.29 is 9.18 Å². The van der Waals surface area contributed by atoms with Gasteiger partial charge in [0.1, 0.15) is 5.82 Å². The summed E-state index contributed by atoms with van der Waals surface area (Å²) >= 11 is 5.98. The summed E-state index contributed by atoms with van der Waals surface area (Å²) in [6, 6.07) is 17.5. The summed E-state index contributed by atoms with van der Waals surface area (Å²) in [5.74, 6) is -0.628. The van der Waals surface area contributed by atoms with E-state index in [2.05, 4.69) is 10.3 Å². The molecular weight excluding hydrogens is 363 g/mol. The minimum Gasteiger partial charge on any atom is -0.355 e. The molecule has 0 fully saturated rings. The molecule has 0 aliphatic rings. The van der Waals surface area contributed by atoms with Gasteiger partial charge in [0, 0.05) is 24.0 Å². The normalized spacial score (nSPS) is 11.8. The van der Waals surface area contributed by atoms with Crippen molar-refractivity contribution in [3.8, 4) is 0 Å². The smallest absolute Gasteiger partial charge is 0.227 e. The molecule has 3 rings (SSSR count). The zero-order valence-corrected chi connectivity index (χ0v) is 15.5. The topological polar surface area (TPSA) is 42.0 Å². The van der Waals surface area contributed by atoms with E-state index in [9.17, 15) is 9.18 Å². The molecule has 1 amide bonds. The third-order valence-electron chi connectivity index (χ3n) is 4.40. The zero-order valence-electron chi connectivity index (χ0n) is 14.7. The van der Waals surface area contributed by atoms with Crippen LogP contribution in [0.4, 0.5) is 4.39 Å². The zero-order chi connectivity index (χ0) is 19.1. The maximum Gasteiger partial charge on any atom is 0.227 e. The molecule has 1 heterocycles. The molecule has 0 bridgehead atoms. The lowest BCUT2D eigenvalue weighted by atomic mass is 9.91. The Kier molecular flexibility index (Phi) is 6.55. The predicted octanol–water partition coefficient (Wildman–Crippen LogP) is 4.56. The van der Waals surface area contributed by atoms with Crippen LogP contribution in [-0.2, 0) is 17.6 Å². The minimum atomic E-state index is -0.321. The van der Waals surface area contributed by atoms with Crippen LogP contribution >= 0.6 is 11.6 Å². The Morgan fingerprint density at radius 3 is 2.30 bits per heavy atom. The molecule has 5 heteroatoms. The number of nitrogens with zero attached hydrogens (tertiary/aromatic N) is 1. The van der Waals surface area contributed by atoms with Crippen molar-refractivity contribution in [2.24, 2.45) is 0 Å². The van der Waals surface area contributed by atoms with Gasteiger partial charge in [0.05, 0.1) is 5.92 Å². The van der Waals surface area contributed by atoms with Crippen LogP contribution < -0.4 is 5.32 Å². The van der Waals surface area contributed by atoms with Gasteiger partial charge in [-0.1, -0.05) is 35.9 Å². The van der Waals surface area contributed by atoms with E-state index in [1.165, 1.54) is 12.1 Å². The molecule has 138 valence electrons. The second-order valence-electron chi connectivity index (χ2n) is 6.33. The van der Waals surface area contributed by atoms with Crippen molar-refractivity contribution in [1.29, 1.82) is 0 Å². The van der Waals surface area contributed by atoms with E-state index in [1.54, 1.807) is 36.7 Å². The largest absolute Gasteiger partial charge is 0.355 e. The Labute approximate surface area is 163 Å². The molecule has 0 saturated carbocycles. The fourth-order valence-electron chi connectivity index (χ4n) is 2.92. The number of benzene rings is 2. The number of nitrogens with one attached hydrogen (secondary N) is 1. The first-order valence-corrected chi connectivity index (χ1v) is 9.16. The van der Waals surface area contributed by atoms with Crippen LogP contribution in [0.15, 0.2) is 73.1 Å². The van der Waals surface area contributed by atoms with Gasteiger partial charge in [-0.15, -0.1) is 0 Å². The number of amides is 1. The Morgan fingerprint density at radius 1 is 0.963 bits per heavy atom. The predicted molar refractivity (Wildman–Crippen MR) is 105 cm³/mol. The molecule has 3 nitrogen and oxygen atoms in total. The van der Waals surface area contributed by atoms with Crippen LogP contribution in [0.1, 0.15) is 22.6 Å². The summed E-state index contributed by atoms with van der Waals surface area (Å²) in [4.78, 5) is 16.9. The summed E-state index contributed by atoms with van der Waals surface area (Å²) in [5.41, 5.74) is 2.93. The van der Waals surface area contributed by atoms with Crippen LogP contribution in [0, 0.1) is 5.82 Å². The van der Waals surface area contributed by atoms with Gasteiger partial charge >= 0.3 is 0 Å². The SMILES string of the molecule is O=C(NCCc1ccc(F)cc1)C(Cc1ccncc1)c1ccc(Cl)cc1. The van der Waals surface area contributed by atoms with Gasteiger partial charge in [-0.25, -0.2) is 4.39 Å². The molecule has 1 aromatic heterocycles. The van der Waals surface area contributed by atoms with Crippen molar-refractivity contribution in [2.45, 2.75) is 18.8 Å². The average Bonchev–Trinajstić information content (AvgIpc) is 2.69. The molecule has 1 unspecified atom stereocenters. The van der Waals surface area contributed by atoms with Gasteiger partial charge in [0.25, 0.3) is 0 Å². The molecule has 0 aliphatic heterocycles. The van der Waals surface area contributed by atoms with Crippen LogP contribution in [0.2, 0.25) is 5.02 Å². The molecule has 0 aliphatic carbocycles. The fraction of sp³-hybridized carbons (Fsp3) is 0.182. The maximum atomic E-state index is 13.0. The van der Waals surface area contributed by atoms with E-state index >= 15 is 0 Å².